The first-order valence-electron chi connectivity index (χ1n) is 9.12. The molecule has 1 amide bonds. The van der Waals surface area contributed by atoms with Crippen LogP contribution in [0.3, 0.4) is 0 Å². The third-order valence-corrected chi connectivity index (χ3v) is 6.18. The summed E-state index contributed by atoms with van der Waals surface area (Å²) in [4.78, 5) is 17.0. The quantitative estimate of drug-likeness (QED) is 0.590. The van der Waals surface area contributed by atoms with E-state index >= 15 is 0 Å². The molecule has 0 saturated heterocycles. The van der Waals surface area contributed by atoms with Gasteiger partial charge in [-0.15, -0.1) is 21.5 Å². The van der Waals surface area contributed by atoms with E-state index in [0.29, 0.717) is 11.0 Å². The van der Waals surface area contributed by atoms with Gasteiger partial charge in [-0.1, -0.05) is 43.3 Å². The van der Waals surface area contributed by atoms with Gasteiger partial charge in [0, 0.05) is 23.9 Å². The van der Waals surface area contributed by atoms with Crippen molar-refractivity contribution in [2.45, 2.75) is 45.7 Å². The van der Waals surface area contributed by atoms with Gasteiger partial charge in [-0.25, -0.2) is 4.98 Å². The monoisotopic (exact) mass is 415 g/mol. The van der Waals surface area contributed by atoms with Gasteiger partial charge < -0.3 is 9.88 Å². The van der Waals surface area contributed by atoms with E-state index in [-0.39, 0.29) is 11.7 Å². The highest BCUT2D eigenvalue weighted by Gasteiger charge is 2.15. The molecule has 0 radical (unpaired) electrons. The molecule has 148 valence electrons. The molecule has 8 heteroatoms. The Morgan fingerprint density at radius 3 is 2.50 bits per heavy atom. The molecule has 0 aliphatic heterocycles. The van der Waals surface area contributed by atoms with Crippen molar-refractivity contribution in [3.8, 4) is 11.3 Å². The van der Waals surface area contributed by atoms with E-state index in [4.69, 9.17) is 0 Å². The predicted molar refractivity (Wildman–Crippen MR) is 116 cm³/mol. The highest BCUT2D eigenvalue weighted by molar-refractivity contribution is 7.99. The molecule has 0 spiro atoms. The Bertz CT molecular complexity index is 983. The van der Waals surface area contributed by atoms with Crippen molar-refractivity contribution < 1.29 is 4.79 Å². The highest BCUT2D eigenvalue weighted by atomic mass is 32.2. The zero-order valence-corrected chi connectivity index (χ0v) is 18.7. The van der Waals surface area contributed by atoms with Gasteiger partial charge in [0.15, 0.2) is 10.3 Å². The molecular formula is C20H25N5OS2. The molecule has 0 aliphatic rings. The molecule has 0 bridgehead atoms. The van der Waals surface area contributed by atoms with Crippen LogP contribution in [0.1, 0.15) is 42.3 Å². The average Bonchev–Trinajstić information content (AvgIpc) is 3.19. The molecule has 3 rings (SSSR count). The van der Waals surface area contributed by atoms with Crippen LogP contribution in [-0.2, 0) is 11.8 Å². The number of amides is 1. The normalized spacial score (nSPS) is 11.2. The standard InChI is InChI=1S/C20H25N5OS2/c1-11(2)18-23-24-20(25(18)6)28-10-16(26)22-19-21-15(9-27-19)17-13(4)7-12(3)8-14(17)5/h7-9,11H,10H2,1-6H3,(H,21,22,26). The number of hydrogen-bond donors (Lipinski definition) is 1. The summed E-state index contributed by atoms with van der Waals surface area (Å²) in [6.07, 6.45) is 0. The molecule has 0 fully saturated rings. The van der Waals surface area contributed by atoms with Crippen LogP contribution in [0.15, 0.2) is 22.7 Å². The minimum atomic E-state index is -0.0997. The second-order valence-electron chi connectivity index (χ2n) is 7.20. The topological polar surface area (TPSA) is 72.7 Å². The number of aromatic nitrogens is 4. The SMILES string of the molecule is Cc1cc(C)c(-c2csc(NC(=O)CSc3nnc(C(C)C)n3C)n2)c(C)c1. The van der Waals surface area contributed by atoms with Crippen LogP contribution in [0.2, 0.25) is 0 Å². The van der Waals surface area contributed by atoms with E-state index in [1.807, 2.05) is 17.0 Å². The second-order valence-corrected chi connectivity index (χ2v) is 9.00. The average molecular weight is 416 g/mol. The van der Waals surface area contributed by atoms with Gasteiger partial charge in [0.2, 0.25) is 5.91 Å². The maximum Gasteiger partial charge on any atom is 0.236 e. The van der Waals surface area contributed by atoms with E-state index in [1.165, 1.54) is 39.8 Å². The van der Waals surface area contributed by atoms with E-state index in [0.717, 1.165) is 22.2 Å². The zero-order valence-electron chi connectivity index (χ0n) is 17.0. The van der Waals surface area contributed by atoms with E-state index in [1.54, 1.807) is 0 Å². The number of thioether (sulfide) groups is 1. The minimum absolute atomic E-state index is 0.0997. The fraction of sp³-hybridized carbons (Fsp3) is 0.400. The van der Waals surface area contributed by atoms with Crippen molar-refractivity contribution >= 4 is 34.1 Å². The molecule has 0 saturated carbocycles. The first kappa shape index (κ1) is 20.5. The van der Waals surface area contributed by atoms with Crippen LogP contribution in [0.4, 0.5) is 5.13 Å². The summed E-state index contributed by atoms with van der Waals surface area (Å²) in [6, 6.07) is 4.31. The molecule has 6 nitrogen and oxygen atoms in total. The number of aryl methyl sites for hydroxylation is 3. The Kier molecular flexibility index (Phi) is 6.20. The molecular weight excluding hydrogens is 390 g/mol. The Morgan fingerprint density at radius 2 is 1.89 bits per heavy atom. The van der Waals surface area contributed by atoms with Gasteiger partial charge in [-0.2, -0.15) is 0 Å². The van der Waals surface area contributed by atoms with Crippen LogP contribution >= 0.6 is 23.1 Å². The van der Waals surface area contributed by atoms with Crippen LogP contribution in [0.5, 0.6) is 0 Å². The van der Waals surface area contributed by atoms with E-state index < -0.39 is 0 Å². The number of carbonyl (C=O) groups excluding carboxylic acids is 1. The number of thiazole rings is 1. The predicted octanol–water partition coefficient (Wildman–Crippen LogP) is 4.72. The second kappa shape index (κ2) is 8.45. The first-order valence-corrected chi connectivity index (χ1v) is 11.0. The number of hydrogen-bond acceptors (Lipinski definition) is 6. The number of nitrogens with one attached hydrogen (secondary N) is 1. The third kappa shape index (κ3) is 4.44. The summed E-state index contributed by atoms with van der Waals surface area (Å²) in [7, 11) is 1.93. The molecule has 3 aromatic rings. The van der Waals surface area contributed by atoms with Gasteiger partial charge in [-0.05, 0) is 31.9 Å². The molecule has 2 aromatic heterocycles. The first-order chi connectivity index (χ1) is 13.3. The largest absolute Gasteiger partial charge is 0.309 e. The van der Waals surface area contributed by atoms with Crippen molar-refractivity contribution in [2.24, 2.45) is 7.05 Å². The van der Waals surface area contributed by atoms with Gasteiger partial charge >= 0.3 is 0 Å². The van der Waals surface area contributed by atoms with Crippen LogP contribution in [0.25, 0.3) is 11.3 Å². The lowest BCUT2D eigenvalue weighted by Crippen LogP contribution is -2.14. The Hall–Kier alpha value is -2.19. The number of benzene rings is 1. The van der Waals surface area contributed by atoms with Crippen molar-refractivity contribution in [1.82, 2.24) is 19.7 Å². The van der Waals surface area contributed by atoms with Gasteiger partial charge in [0.1, 0.15) is 5.82 Å². The maximum atomic E-state index is 12.3. The Balaban J connectivity index is 1.65. The smallest absolute Gasteiger partial charge is 0.236 e. The van der Waals surface area contributed by atoms with E-state index in [9.17, 15) is 4.79 Å². The maximum absolute atomic E-state index is 12.3. The molecule has 1 aromatic carbocycles. The lowest BCUT2D eigenvalue weighted by Gasteiger charge is -2.08. The molecule has 2 heterocycles. The Morgan fingerprint density at radius 1 is 1.21 bits per heavy atom. The summed E-state index contributed by atoms with van der Waals surface area (Å²) >= 11 is 2.82. The summed E-state index contributed by atoms with van der Waals surface area (Å²) < 4.78 is 1.94. The summed E-state index contributed by atoms with van der Waals surface area (Å²) in [6.45, 7) is 10.4. The van der Waals surface area contributed by atoms with Crippen molar-refractivity contribution in [3.63, 3.8) is 0 Å². The molecule has 1 N–H and O–H groups in total. The van der Waals surface area contributed by atoms with Crippen molar-refractivity contribution in [3.05, 3.63) is 40.0 Å². The molecule has 0 atom stereocenters. The number of nitrogens with zero attached hydrogens (tertiary/aromatic N) is 4. The highest BCUT2D eigenvalue weighted by Crippen LogP contribution is 2.31. The minimum Gasteiger partial charge on any atom is -0.309 e. The van der Waals surface area contributed by atoms with Gasteiger partial charge in [-0.3, -0.25) is 4.79 Å². The molecule has 28 heavy (non-hydrogen) atoms. The third-order valence-electron chi connectivity index (χ3n) is 4.40. The number of carbonyl (C=O) groups is 1. The number of anilines is 1. The van der Waals surface area contributed by atoms with Crippen LogP contribution in [-0.4, -0.2) is 31.4 Å². The zero-order chi connectivity index (χ0) is 20.4. The van der Waals surface area contributed by atoms with Gasteiger partial charge in [0.25, 0.3) is 0 Å². The van der Waals surface area contributed by atoms with E-state index in [2.05, 4.69) is 67.2 Å². The molecule has 0 unspecified atom stereocenters. The van der Waals surface area contributed by atoms with Crippen LogP contribution in [0, 0.1) is 20.8 Å². The Labute approximate surface area is 173 Å². The van der Waals surface area contributed by atoms with Crippen molar-refractivity contribution in [2.75, 3.05) is 11.1 Å². The summed E-state index contributed by atoms with van der Waals surface area (Å²) in [5.74, 6) is 1.37. The molecule has 0 aliphatic carbocycles. The fourth-order valence-electron chi connectivity index (χ4n) is 3.27. The van der Waals surface area contributed by atoms with Gasteiger partial charge in [0.05, 0.1) is 11.4 Å². The summed E-state index contributed by atoms with van der Waals surface area (Å²) in [5.41, 5.74) is 5.66. The van der Waals surface area contributed by atoms with Crippen molar-refractivity contribution in [1.29, 1.82) is 0 Å². The summed E-state index contributed by atoms with van der Waals surface area (Å²) in [5, 5.41) is 14.6. The fourth-order valence-corrected chi connectivity index (χ4v) is 4.71. The number of rotatable bonds is 6. The lowest BCUT2D eigenvalue weighted by molar-refractivity contribution is -0.113. The lowest BCUT2D eigenvalue weighted by atomic mass is 9.98. The van der Waals surface area contributed by atoms with Crippen LogP contribution < -0.4 is 5.32 Å².